The highest BCUT2D eigenvalue weighted by Gasteiger charge is 0.973. The molecule has 12 heteroatoms. The fourth-order valence-electron chi connectivity index (χ4n) is 0. The van der Waals surface area contributed by atoms with Crippen molar-refractivity contribution < 1.29 is 16.8 Å². The number of nitrogens with zero attached hydrogens (tertiary/aromatic N) is 5. The number of hydrogen-bond acceptors (Lipinski definition) is 7. The van der Waals surface area contributed by atoms with E-state index in [1.165, 1.54) is 4.91 Å². The van der Waals surface area contributed by atoms with Gasteiger partial charge in [0, 0.05) is 0 Å². The van der Waals surface area contributed by atoms with E-state index in [4.69, 9.17) is 39.0 Å². The van der Waals surface area contributed by atoms with Crippen molar-refractivity contribution in [1.29, 1.82) is 5.53 Å². The maximum Gasteiger partial charge on any atom is -0.00208 e. The molecule has 0 bridgehead atoms. The minimum Gasteiger partial charge on any atom is -0.427 e. The zero-order valence-corrected chi connectivity index (χ0v) is 7.05. The highest BCUT2D eigenvalue weighted by molar-refractivity contribution is 7.51. The van der Waals surface area contributed by atoms with E-state index < -0.39 is 23.1 Å². The first-order chi connectivity index (χ1) is 5.66. The molecule has 0 radical (unpaired) electrons. The van der Waals surface area contributed by atoms with Crippen LogP contribution < -0.4 is 0 Å². The largest absolute Gasteiger partial charge is 0.427 e. The summed E-state index contributed by atoms with van der Waals surface area (Å²) in [6, 6.07) is 0. The lowest BCUT2D eigenvalue weighted by atomic mass is 13.0. The topological polar surface area (TPSA) is 187 Å². The molecule has 0 aliphatic rings. The van der Waals surface area contributed by atoms with Gasteiger partial charge in [-0.25, -0.2) is 0 Å². The Labute approximate surface area is 72.6 Å². The van der Waals surface area contributed by atoms with Crippen molar-refractivity contribution in [3.63, 3.8) is 0 Å². The van der Waals surface area contributed by atoms with Crippen LogP contribution in [0.1, 0.15) is 0 Å². The van der Waals surface area contributed by atoms with E-state index in [1.807, 2.05) is 0 Å². The second kappa shape index (κ2) is 109. The van der Waals surface area contributed by atoms with Crippen molar-refractivity contribution in [3.05, 3.63) is 26.4 Å². The molecule has 0 aliphatic heterocycles. The van der Waals surface area contributed by atoms with Crippen molar-refractivity contribution in [2.75, 3.05) is 0 Å². The molecule has 0 fully saturated rings. The molecule has 1 N–H and O–H groups in total. The highest BCUT2D eigenvalue weighted by Crippen LogP contribution is 1.29. The third-order valence-corrected chi connectivity index (χ3v) is 0. The first-order valence-corrected chi connectivity index (χ1v) is 3.01. The standard InChI is InChI=1S/HN3.N3.2HO2S/c4*1-3-2/h1H;;2*3H/q;3*-1. The van der Waals surface area contributed by atoms with Crippen LogP contribution in [0.25, 0.3) is 26.4 Å². The molecule has 0 saturated carbocycles. The van der Waals surface area contributed by atoms with Crippen LogP contribution in [-0.2, 0) is 40.0 Å². The van der Waals surface area contributed by atoms with Gasteiger partial charge in [-0.1, -0.05) is 23.1 Å². The van der Waals surface area contributed by atoms with Gasteiger partial charge in [0.15, 0.2) is 0 Å². The monoisotopic (exact) mass is 215 g/mol. The molecule has 0 atom stereocenters. The van der Waals surface area contributed by atoms with Crippen molar-refractivity contribution in [2.45, 2.75) is 0 Å². The van der Waals surface area contributed by atoms with Gasteiger partial charge < -0.3 is 27.9 Å². The van der Waals surface area contributed by atoms with Crippen LogP contribution in [0.15, 0.2) is 0 Å². The van der Waals surface area contributed by atoms with E-state index in [2.05, 4.69) is 0 Å². The molecule has 0 amide bonds. The Morgan fingerprint density at radius 1 is 0.917 bits per heavy atom. The average molecular weight is 215 g/mol. The Bertz CT molecular complexity index is 150. The number of thiol groups is 2. The van der Waals surface area contributed by atoms with Crippen LogP contribution in [0.5, 0.6) is 0 Å². The predicted octanol–water partition coefficient (Wildman–Crippen LogP) is 0.726. The summed E-state index contributed by atoms with van der Waals surface area (Å²) in [6.45, 7) is 0. The molecular formula is H3N6O4S2-3. The zero-order chi connectivity index (χ0) is 10.8. The SMILES string of the molecule is O=[SH-]=O.O=[SH-]=O.[N-]=[N+]=N.[N-]=[N+]=[N-]. The van der Waals surface area contributed by atoms with E-state index in [-0.39, 0.29) is 0 Å². The minimum atomic E-state index is -1.08. The zero-order valence-electron chi connectivity index (χ0n) is 5.26. The summed E-state index contributed by atoms with van der Waals surface area (Å²) in [4.78, 5) is 3.25. The molecule has 0 heterocycles. The molecule has 0 saturated heterocycles. The first kappa shape index (κ1) is 22.4. The summed E-state index contributed by atoms with van der Waals surface area (Å²) < 4.78 is 33.4. The first-order valence-electron chi connectivity index (χ1n) is 1.55. The fraction of sp³-hybridized carbons (Fsp3) is 0. The highest BCUT2D eigenvalue weighted by atomic mass is 32.1. The van der Waals surface area contributed by atoms with Gasteiger partial charge in [-0.3, -0.25) is 4.91 Å². The maximum atomic E-state index is 8.35. The Kier molecular flexibility index (Phi) is 203. The van der Waals surface area contributed by atoms with Gasteiger partial charge in [-0.2, -0.15) is 0 Å². The molecule has 0 unspecified atom stereocenters. The smallest absolute Gasteiger partial charge is 0.00208 e. The van der Waals surface area contributed by atoms with Gasteiger partial charge in [0.05, 0.1) is 0 Å². The molecule has 0 aromatic carbocycles. The van der Waals surface area contributed by atoms with Crippen LogP contribution in [0.4, 0.5) is 0 Å². The van der Waals surface area contributed by atoms with Crippen molar-refractivity contribution in [3.8, 4) is 0 Å². The van der Waals surface area contributed by atoms with Crippen molar-refractivity contribution >= 4 is 23.1 Å². The van der Waals surface area contributed by atoms with E-state index in [1.54, 1.807) is 4.91 Å². The van der Waals surface area contributed by atoms with E-state index >= 15 is 0 Å². The third-order valence-electron chi connectivity index (χ3n) is 0. The number of hydrogen-bond donors (Lipinski definition) is 1. The van der Waals surface area contributed by atoms with E-state index in [9.17, 15) is 0 Å². The third kappa shape index (κ3) is 220. The molecule has 0 spiro atoms. The van der Waals surface area contributed by atoms with Crippen LogP contribution in [0.3, 0.4) is 0 Å². The normalized spacial score (nSPS) is 4.00. The van der Waals surface area contributed by atoms with E-state index in [0.29, 0.717) is 0 Å². The molecule has 0 aromatic heterocycles. The quantitative estimate of drug-likeness (QED) is 0.205. The second-order valence-electron chi connectivity index (χ2n) is 0.339. The average Bonchev–Trinajstić information content (AvgIpc) is 1.92. The lowest BCUT2D eigenvalue weighted by molar-refractivity contribution is 0.539. The van der Waals surface area contributed by atoms with Gasteiger partial charge in [0.1, 0.15) is 0 Å². The summed E-state index contributed by atoms with van der Waals surface area (Å²) in [5, 5.41) is 0. The second-order valence-corrected chi connectivity index (χ2v) is 0.637. The van der Waals surface area contributed by atoms with Crippen LogP contribution in [-0.4, -0.2) is 0 Å². The van der Waals surface area contributed by atoms with Crippen molar-refractivity contribution in [1.82, 2.24) is 0 Å². The molecule has 0 aromatic rings. The summed E-state index contributed by atoms with van der Waals surface area (Å²) in [7, 11) is 0. The molecule has 12 heavy (non-hydrogen) atoms. The number of rotatable bonds is 0. The summed E-state index contributed by atoms with van der Waals surface area (Å²) in [5.74, 6) is 0. The molecule has 72 valence electrons. The minimum absolute atomic E-state index is 1.08. The van der Waals surface area contributed by atoms with Gasteiger partial charge in [0.25, 0.3) is 0 Å². The van der Waals surface area contributed by atoms with Crippen molar-refractivity contribution in [2.24, 2.45) is 0 Å². The summed E-state index contributed by atoms with van der Waals surface area (Å²) in [5.41, 5.74) is 25.8. The van der Waals surface area contributed by atoms with Gasteiger partial charge in [-0.15, -0.1) is 5.53 Å². The summed E-state index contributed by atoms with van der Waals surface area (Å²) >= 11 is -2.17. The lowest BCUT2D eigenvalue weighted by Crippen LogP contribution is -1.06. The number of nitrogens with one attached hydrogen (secondary N) is 1. The van der Waals surface area contributed by atoms with Gasteiger partial charge in [0.2, 0.25) is 0 Å². The molecule has 0 aliphatic carbocycles. The maximum absolute atomic E-state index is 8.35. The molecular weight excluding hydrogens is 212 g/mol. The summed E-state index contributed by atoms with van der Waals surface area (Å²) in [6.07, 6.45) is 0. The van der Waals surface area contributed by atoms with Crippen LogP contribution in [0.2, 0.25) is 0 Å². The van der Waals surface area contributed by atoms with E-state index in [0.717, 1.165) is 0 Å². The molecule has 0 rings (SSSR count). The van der Waals surface area contributed by atoms with Crippen LogP contribution in [0, 0.1) is 5.53 Å². The Balaban J connectivity index is -0.0000000356. The van der Waals surface area contributed by atoms with Crippen LogP contribution >= 0.6 is 0 Å². The fourth-order valence-corrected chi connectivity index (χ4v) is 0. The Morgan fingerprint density at radius 2 is 0.917 bits per heavy atom. The van der Waals surface area contributed by atoms with Gasteiger partial charge >= 0.3 is 0 Å². The molecule has 10 nitrogen and oxygen atoms in total. The van der Waals surface area contributed by atoms with Gasteiger partial charge in [-0.05, 0) is 10.4 Å². The lowest BCUT2D eigenvalue weighted by Gasteiger charge is -1.31. The Morgan fingerprint density at radius 3 is 0.917 bits per heavy atom. The predicted molar refractivity (Wildman–Crippen MR) is 39.8 cm³/mol. The Hall–Kier alpha value is -1.48.